The van der Waals surface area contributed by atoms with Gasteiger partial charge in [0.1, 0.15) is 6.04 Å². The molecule has 6 aliphatic rings. The van der Waals surface area contributed by atoms with Gasteiger partial charge in [0.05, 0.1) is 11.2 Å². The Kier molecular flexibility index (Phi) is 9.14. The van der Waals surface area contributed by atoms with Crippen molar-refractivity contribution in [3.63, 3.8) is 0 Å². The van der Waals surface area contributed by atoms with Gasteiger partial charge >= 0.3 is 6.03 Å². The van der Waals surface area contributed by atoms with E-state index in [1.54, 1.807) is 17.0 Å². The van der Waals surface area contributed by atoms with E-state index in [0.717, 1.165) is 86.3 Å². The van der Waals surface area contributed by atoms with Gasteiger partial charge in [0.15, 0.2) is 17.2 Å². The number of H-pyrrole nitrogens is 1. The van der Waals surface area contributed by atoms with Crippen molar-refractivity contribution < 1.29 is 28.7 Å². The molecule has 2 aromatic heterocycles. The molecular weight excluding hydrogens is 754 g/mol. The van der Waals surface area contributed by atoms with Gasteiger partial charge in [0.25, 0.3) is 5.91 Å². The van der Waals surface area contributed by atoms with Crippen molar-refractivity contribution in [1.82, 2.24) is 40.1 Å². The summed E-state index contributed by atoms with van der Waals surface area (Å²) >= 11 is 0. The third-order valence-corrected chi connectivity index (χ3v) is 14.0. The van der Waals surface area contributed by atoms with Crippen LogP contribution < -0.4 is 10.2 Å². The number of fused-ring (bicyclic) bond motifs is 6. The third kappa shape index (κ3) is 6.57. The minimum absolute atomic E-state index is 0.0546. The summed E-state index contributed by atoms with van der Waals surface area (Å²) in [5.74, 6) is -1.44. The number of aromatic hydroxyl groups is 1. The molecule has 8 heterocycles. The number of hydrogen-bond donors (Lipinski definition) is 3. The number of anilines is 1. The molecule has 4 saturated heterocycles. The normalized spacial score (nSPS) is 24.7. The zero-order valence-electron chi connectivity index (χ0n) is 33.5. The van der Waals surface area contributed by atoms with Crippen LogP contribution in [0.3, 0.4) is 0 Å². The number of phenolic OH excluding ortho intramolecular Hbond substituents is 1. The second kappa shape index (κ2) is 14.3. The van der Waals surface area contributed by atoms with Crippen molar-refractivity contribution in [2.45, 2.75) is 95.4 Å². The van der Waals surface area contributed by atoms with E-state index in [2.05, 4.69) is 60.0 Å². The molecule has 2 unspecified atom stereocenters. The van der Waals surface area contributed by atoms with E-state index < -0.39 is 23.5 Å². The van der Waals surface area contributed by atoms with Crippen LogP contribution in [0.4, 0.5) is 14.9 Å². The average Bonchev–Trinajstić information content (AvgIpc) is 3.83. The zero-order chi connectivity index (χ0) is 40.7. The number of halogens is 1. The fourth-order valence-corrected chi connectivity index (χ4v) is 10.9. The molecule has 5 amide bonds. The number of piperidine rings is 2. The van der Waals surface area contributed by atoms with Crippen LogP contribution in [-0.4, -0.2) is 127 Å². The number of rotatable bonds is 5. The van der Waals surface area contributed by atoms with E-state index in [9.17, 15) is 28.7 Å². The molecule has 0 saturated carbocycles. The lowest BCUT2D eigenvalue weighted by Gasteiger charge is -2.50. The number of phenols is 1. The number of nitrogens with zero attached hydrogens (tertiary/aromatic N) is 7. The first kappa shape index (κ1) is 37.7. The fraction of sp³-hybridized carbons (Fsp3) is 0.500. The molecule has 6 aliphatic heterocycles. The monoisotopic (exact) mass is 803 g/mol. The first-order valence-electron chi connectivity index (χ1n) is 21.1. The van der Waals surface area contributed by atoms with Crippen LogP contribution in [0.25, 0.3) is 22.3 Å². The van der Waals surface area contributed by atoms with Gasteiger partial charge in [-0.05, 0) is 99.7 Å². The Balaban J connectivity index is 0.756. The van der Waals surface area contributed by atoms with Gasteiger partial charge in [-0.3, -0.25) is 24.6 Å². The summed E-state index contributed by atoms with van der Waals surface area (Å²) in [7, 11) is 0. The summed E-state index contributed by atoms with van der Waals surface area (Å²) in [6.07, 6.45) is 5.94. The van der Waals surface area contributed by atoms with Crippen LogP contribution in [-0.2, 0) is 29.0 Å². The van der Waals surface area contributed by atoms with Gasteiger partial charge in [-0.2, -0.15) is 0 Å². The molecule has 0 radical (unpaired) electrons. The van der Waals surface area contributed by atoms with E-state index in [0.29, 0.717) is 60.7 Å². The molecule has 4 fully saturated rings. The van der Waals surface area contributed by atoms with Crippen LogP contribution in [0.2, 0.25) is 0 Å². The van der Waals surface area contributed by atoms with Crippen LogP contribution in [0.5, 0.6) is 5.75 Å². The molecule has 3 atom stereocenters. The number of hydrogen-bond acceptors (Lipinski definition) is 9. The highest BCUT2D eigenvalue weighted by molar-refractivity contribution is 6.05. The van der Waals surface area contributed by atoms with Gasteiger partial charge in [-0.1, -0.05) is 12.1 Å². The summed E-state index contributed by atoms with van der Waals surface area (Å²) < 4.78 is 14.2. The highest BCUT2D eigenvalue weighted by Gasteiger charge is 2.47. The van der Waals surface area contributed by atoms with E-state index in [1.807, 2.05) is 18.2 Å². The van der Waals surface area contributed by atoms with E-state index >= 15 is 0 Å². The predicted molar refractivity (Wildman–Crippen MR) is 217 cm³/mol. The molecule has 14 nitrogen and oxygen atoms in total. The van der Waals surface area contributed by atoms with E-state index in [1.165, 1.54) is 6.07 Å². The summed E-state index contributed by atoms with van der Waals surface area (Å²) in [5.41, 5.74) is 5.79. The minimum Gasteiger partial charge on any atom is -0.504 e. The third-order valence-electron chi connectivity index (χ3n) is 14.0. The first-order valence-corrected chi connectivity index (χ1v) is 21.1. The summed E-state index contributed by atoms with van der Waals surface area (Å²) in [6, 6.07) is 12.0. The van der Waals surface area contributed by atoms with Crippen molar-refractivity contribution in [1.29, 1.82) is 0 Å². The number of aromatic amines is 1. The Morgan fingerprint density at radius 2 is 1.73 bits per heavy atom. The maximum absolute atomic E-state index is 14.6. The van der Waals surface area contributed by atoms with Gasteiger partial charge in [-0.15, -0.1) is 10.2 Å². The lowest BCUT2D eigenvalue weighted by atomic mass is 9.93. The summed E-state index contributed by atoms with van der Waals surface area (Å²) in [4.78, 5) is 66.4. The summed E-state index contributed by atoms with van der Waals surface area (Å²) in [6.45, 7) is 9.83. The molecule has 59 heavy (non-hydrogen) atoms. The molecular formula is C44H50FN9O5. The number of para-hydroxylation sites is 1. The van der Waals surface area contributed by atoms with Crippen LogP contribution in [0, 0.1) is 11.7 Å². The number of urea groups is 1. The van der Waals surface area contributed by atoms with Crippen molar-refractivity contribution in [3.8, 4) is 17.0 Å². The van der Waals surface area contributed by atoms with Crippen LogP contribution in [0.15, 0.2) is 42.5 Å². The second-order valence-corrected chi connectivity index (χ2v) is 18.1. The Bertz CT molecular complexity index is 2390. The fourth-order valence-electron chi connectivity index (χ4n) is 10.9. The first-order chi connectivity index (χ1) is 28.4. The number of imide groups is 1. The SMILES string of the molecule is CC1(C)CN(CC2CCN(c3ccc4c(c3)C(=O)N([C@H]3CCC(=O)NC3=O)C4)CC2)CCN1C(=O)N1C2CCC1Cc1c([nH]c3nnc(-c4cccc(F)c4O)cc13)C2. The zero-order valence-corrected chi connectivity index (χ0v) is 33.5. The second-order valence-electron chi connectivity index (χ2n) is 18.1. The standard InChI is InChI=1S/C44H50FN9O5/c1-44(2)24-50(22-25-12-14-51(15-13-25)27-7-6-26-23-52(42(58)31(26)18-27)37-10-11-38(55)47-41(37)57)16-17-53(44)43(59)54-28-8-9-29(54)20-35-32(19-28)33-21-36(48-49-40(33)46-35)30-4-3-5-34(45)39(30)56/h3-7,18,21,25,28-29,37,56H,8-17,19-20,22-24H2,1-2H3,(H,46,49)(H,47,55,57)/t28?,29?,37-/m0/s1. The van der Waals surface area contributed by atoms with Gasteiger partial charge in [-0.25, -0.2) is 9.18 Å². The molecule has 10 rings (SSSR count). The van der Waals surface area contributed by atoms with Crippen LogP contribution in [0.1, 0.15) is 79.6 Å². The molecule has 2 bridgehead atoms. The van der Waals surface area contributed by atoms with Crippen molar-refractivity contribution in [3.05, 3.63) is 70.7 Å². The number of carbonyl (C=O) groups is 4. The number of aromatic nitrogens is 3. The number of benzene rings is 2. The average molecular weight is 804 g/mol. The number of amides is 5. The lowest BCUT2D eigenvalue weighted by Crippen LogP contribution is -2.65. The van der Waals surface area contributed by atoms with Crippen molar-refractivity contribution >= 4 is 40.5 Å². The van der Waals surface area contributed by atoms with E-state index in [-0.39, 0.29) is 41.9 Å². The Morgan fingerprint density at radius 3 is 2.51 bits per heavy atom. The van der Waals surface area contributed by atoms with Crippen molar-refractivity contribution in [2.24, 2.45) is 5.92 Å². The highest BCUT2D eigenvalue weighted by atomic mass is 19.1. The largest absolute Gasteiger partial charge is 0.504 e. The Labute approximate surface area is 341 Å². The Hall–Kier alpha value is -5.57. The van der Waals surface area contributed by atoms with E-state index in [4.69, 9.17) is 0 Å². The van der Waals surface area contributed by atoms with Crippen molar-refractivity contribution in [2.75, 3.05) is 44.2 Å². The summed E-state index contributed by atoms with van der Waals surface area (Å²) in [5, 5.41) is 22.4. The van der Waals surface area contributed by atoms with Gasteiger partial charge < -0.3 is 29.7 Å². The van der Waals surface area contributed by atoms with Gasteiger partial charge in [0.2, 0.25) is 11.8 Å². The Morgan fingerprint density at radius 1 is 0.932 bits per heavy atom. The number of carbonyl (C=O) groups excluding carboxylic acids is 4. The maximum Gasteiger partial charge on any atom is 0.321 e. The highest BCUT2D eigenvalue weighted by Crippen LogP contribution is 2.40. The quantitative estimate of drug-likeness (QED) is 0.246. The predicted octanol–water partition coefficient (Wildman–Crippen LogP) is 4.60. The maximum atomic E-state index is 14.6. The smallest absolute Gasteiger partial charge is 0.321 e. The molecule has 308 valence electrons. The molecule has 4 aromatic rings. The number of nitrogens with one attached hydrogen (secondary N) is 2. The molecule has 2 aromatic carbocycles. The molecule has 15 heteroatoms. The number of piperazine rings is 1. The topological polar surface area (TPSA) is 158 Å². The lowest BCUT2D eigenvalue weighted by molar-refractivity contribution is -0.136. The van der Waals surface area contributed by atoms with Gasteiger partial charge in [0, 0.05) is 98.6 Å². The minimum atomic E-state index is -0.704. The molecule has 0 aliphatic carbocycles. The van der Waals surface area contributed by atoms with Crippen LogP contribution >= 0.6 is 0 Å². The molecule has 3 N–H and O–H groups in total. The molecule has 0 spiro atoms.